The Kier molecular flexibility index (Phi) is 4.84. The van der Waals surface area contributed by atoms with E-state index in [0.29, 0.717) is 13.0 Å². The Balaban J connectivity index is 1.71. The van der Waals surface area contributed by atoms with Gasteiger partial charge in [0, 0.05) is 34.1 Å². The summed E-state index contributed by atoms with van der Waals surface area (Å²) in [5.41, 5.74) is 4.75. The molecule has 114 valence electrons. The third-order valence-corrected chi connectivity index (χ3v) is 5.66. The zero-order valence-corrected chi connectivity index (χ0v) is 15.1. The van der Waals surface area contributed by atoms with Crippen LogP contribution in [0.5, 0.6) is 0 Å². The molecule has 3 rings (SSSR count). The Labute approximate surface area is 146 Å². The topological polar surface area (TPSA) is 41.1 Å². The number of rotatable bonds is 3. The van der Waals surface area contributed by atoms with E-state index >= 15 is 0 Å². The highest BCUT2D eigenvalue weighted by Crippen LogP contribution is 2.25. The molecule has 1 aliphatic heterocycles. The van der Waals surface area contributed by atoms with Gasteiger partial charge in [0.2, 0.25) is 5.91 Å². The van der Waals surface area contributed by atoms with Crippen LogP contribution in [0.4, 0.5) is 5.69 Å². The molecule has 0 unspecified atom stereocenters. The minimum Gasteiger partial charge on any atom is -0.381 e. The molecule has 0 aliphatic carbocycles. The standard InChI is InChI=1S/C17H16Br2N2O/c18-15-5-1-11(7-16(15)19)9-20-14-4-2-12-3-6-17(22)21-10-13(12)8-14/h1-2,4-5,7-8,20H,3,6,9-10H2,(H,21,22). The molecule has 5 heteroatoms. The van der Waals surface area contributed by atoms with Gasteiger partial charge < -0.3 is 10.6 Å². The SMILES string of the molecule is O=C1CCc2ccc(NCc3ccc(Br)c(Br)c3)cc2CN1. The zero-order chi connectivity index (χ0) is 15.5. The number of anilines is 1. The summed E-state index contributed by atoms with van der Waals surface area (Å²) in [4.78, 5) is 11.5. The van der Waals surface area contributed by atoms with Crippen LogP contribution in [0, 0.1) is 0 Å². The minimum absolute atomic E-state index is 0.130. The second-order valence-corrected chi connectivity index (χ2v) is 7.07. The van der Waals surface area contributed by atoms with Gasteiger partial charge in [-0.05, 0) is 79.2 Å². The van der Waals surface area contributed by atoms with Crippen LogP contribution in [-0.4, -0.2) is 5.91 Å². The molecule has 2 aromatic carbocycles. The molecule has 0 atom stereocenters. The predicted molar refractivity (Wildman–Crippen MR) is 95.8 cm³/mol. The van der Waals surface area contributed by atoms with E-state index in [1.54, 1.807) is 0 Å². The molecule has 1 heterocycles. The van der Waals surface area contributed by atoms with Crippen LogP contribution in [0.1, 0.15) is 23.1 Å². The first-order valence-electron chi connectivity index (χ1n) is 7.18. The van der Waals surface area contributed by atoms with Crippen LogP contribution < -0.4 is 10.6 Å². The van der Waals surface area contributed by atoms with Crippen LogP contribution in [0.15, 0.2) is 45.3 Å². The molecule has 1 aliphatic rings. The molecular formula is C17H16Br2N2O. The summed E-state index contributed by atoms with van der Waals surface area (Å²) in [7, 11) is 0. The van der Waals surface area contributed by atoms with E-state index in [1.165, 1.54) is 16.7 Å². The Hall–Kier alpha value is -1.33. The maximum atomic E-state index is 11.5. The van der Waals surface area contributed by atoms with Crippen molar-refractivity contribution in [3.8, 4) is 0 Å². The fourth-order valence-corrected chi connectivity index (χ4v) is 3.20. The number of carbonyl (C=O) groups is 1. The lowest BCUT2D eigenvalue weighted by molar-refractivity contribution is -0.121. The number of benzene rings is 2. The Morgan fingerprint density at radius 1 is 1.00 bits per heavy atom. The van der Waals surface area contributed by atoms with Crippen molar-refractivity contribution < 1.29 is 4.79 Å². The quantitative estimate of drug-likeness (QED) is 0.768. The maximum Gasteiger partial charge on any atom is 0.220 e. The average Bonchev–Trinajstić information content (AvgIpc) is 2.70. The van der Waals surface area contributed by atoms with Gasteiger partial charge in [0.25, 0.3) is 0 Å². The van der Waals surface area contributed by atoms with Gasteiger partial charge in [-0.25, -0.2) is 0 Å². The fraction of sp³-hybridized carbons (Fsp3) is 0.235. The molecule has 0 spiro atoms. The van der Waals surface area contributed by atoms with Crippen LogP contribution in [0.3, 0.4) is 0 Å². The van der Waals surface area contributed by atoms with E-state index in [4.69, 9.17) is 0 Å². The first kappa shape index (κ1) is 15.6. The van der Waals surface area contributed by atoms with Gasteiger partial charge >= 0.3 is 0 Å². The Bertz CT molecular complexity index is 716. The van der Waals surface area contributed by atoms with Gasteiger partial charge in [-0.1, -0.05) is 12.1 Å². The third-order valence-electron chi connectivity index (χ3n) is 3.78. The van der Waals surface area contributed by atoms with E-state index in [1.807, 2.05) is 6.07 Å². The number of carbonyl (C=O) groups excluding carboxylic acids is 1. The van der Waals surface area contributed by atoms with Crippen molar-refractivity contribution in [3.05, 3.63) is 62.0 Å². The number of halogens is 2. The molecule has 22 heavy (non-hydrogen) atoms. The second-order valence-electron chi connectivity index (χ2n) is 5.36. The molecule has 2 N–H and O–H groups in total. The van der Waals surface area contributed by atoms with Crippen LogP contribution in [0.2, 0.25) is 0 Å². The molecular weight excluding hydrogens is 408 g/mol. The molecule has 2 aromatic rings. The molecule has 1 amide bonds. The van der Waals surface area contributed by atoms with Crippen molar-refractivity contribution in [2.75, 3.05) is 5.32 Å². The molecule has 0 saturated heterocycles. The summed E-state index contributed by atoms with van der Waals surface area (Å²) in [5.74, 6) is 0.130. The Morgan fingerprint density at radius 2 is 1.86 bits per heavy atom. The van der Waals surface area contributed by atoms with E-state index in [9.17, 15) is 4.79 Å². The normalized spacial score (nSPS) is 14.0. The number of aryl methyl sites for hydroxylation is 1. The molecule has 3 nitrogen and oxygen atoms in total. The fourth-order valence-electron chi connectivity index (χ4n) is 2.53. The lowest BCUT2D eigenvalue weighted by Crippen LogP contribution is -2.20. The number of fused-ring (bicyclic) bond motifs is 1. The van der Waals surface area contributed by atoms with Crippen molar-refractivity contribution in [1.29, 1.82) is 0 Å². The van der Waals surface area contributed by atoms with Crippen molar-refractivity contribution in [2.45, 2.75) is 25.9 Å². The second kappa shape index (κ2) is 6.84. The number of amides is 1. The van der Waals surface area contributed by atoms with E-state index in [0.717, 1.165) is 27.6 Å². The minimum atomic E-state index is 0.130. The highest BCUT2D eigenvalue weighted by Gasteiger charge is 2.12. The van der Waals surface area contributed by atoms with E-state index in [-0.39, 0.29) is 5.91 Å². The van der Waals surface area contributed by atoms with Crippen LogP contribution >= 0.6 is 31.9 Å². The summed E-state index contributed by atoms with van der Waals surface area (Å²) in [6.07, 6.45) is 1.40. The van der Waals surface area contributed by atoms with Crippen LogP contribution in [-0.2, 0) is 24.3 Å². The lowest BCUT2D eigenvalue weighted by atomic mass is 10.0. The first-order valence-corrected chi connectivity index (χ1v) is 8.77. The first-order chi connectivity index (χ1) is 10.6. The van der Waals surface area contributed by atoms with Gasteiger partial charge in [0.1, 0.15) is 0 Å². The zero-order valence-electron chi connectivity index (χ0n) is 12.0. The predicted octanol–water partition coefficient (Wildman–Crippen LogP) is 4.39. The van der Waals surface area contributed by atoms with Gasteiger partial charge in [-0.3, -0.25) is 4.79 Å². The van der Waals surface area contributed by atoms with Crippen molar-refractivity contribution in [2.24, 2.45) is 0 Å². The monoisotopic (exact) mass is 422 g/mol. The highest BCUT2D eigenvalue weighted by molar-refractivity contribution is 9.13. The summed E-state index contributed by atoms with van der Waals surface area (Å²) in [6.45, 7) is 1.38. The summed E-state index contributed by atoms with van der Waals surface area (Å²) in [6, 6.07) is 12.6. The largest absolute Gasteiger partial charge is 0.381 e. The molecule has 0 fully saturated rings. The van der Waals surface area contributed by atoms with Crippen molar-refractivity contribution >= 4 is 43.5 Å². The van der Waals surface area contributed by atoms with Gasteiger partial charge in [-0.2, -0.15) is 0 Å². The smallest absolute Gasteiger partial charge is 0.220 e. The van der Waals surface area contributed by atoms with Gasteiger partial charge in [-0.15, -0.1) is 0 Å². The number of hydrogen-bond acceptors (Lipinski definition) is 2. The number of nitrogens with one attached hydrogen (secondary N) is 2. The van der Waals surface area contributed by atoms with Crippen LogP contribution in [0.25, 0.3) is 0 Å². The van der Waals surface area contributed by atoms with E-state index in [2.05, 4.69) is 72.8 Å². The molecule has 0 bridgehead atoms. The Morgan fingerprint density at radius 3 is 2.68 bits per heavy atom. The lowest BCUT2D eigenvalue weighted by Gasteiger charge is -2.11. The van der Waals surface area contributed by atoms with E-state index < -0.39 is 0 Å². The summed E-state index contributed by atoms with van der Waals surface area (Å²) in [5, 5.41) is 6.38. The molecule has 0 aromatic heterocycles. The maximum absolute atomic E-state index is 11.5. The molecule has 0 radical (unpaired) electrons. The average molecular weight is 424 g/mol. The number of hydrogen-bond donors (Lipinski definition) is 2. The summed E-state index contributed by atoms with van der Waals surface area (Å²) >= 11 is 7.00. The third kappa shape index (κ3) is 3.70. The van der Waals surface area contributed by atoms with Gasteiger partial charge in [0.15, 0.2) is 0 Å². The van der Waals surface area contributed by atoms with Gasteiger partial charge in [0.05, 0.1) is 0 Å². The van der Waals surface area contributed by atoms with Crippen molar-refractivity contribution in [3.63, 3.8) is 0 Å². The highest BCUT2D eigenvalue weighted by atomic mass is 79.9. The summed E-state index contributed by atoms with van der Waals surface area (Å²) < 4.78 is 2.11. The van der Waals surface area contributed by atoms with Crippen molar-refractivity contribution in [1.82, 2.24) is 5.32 Å². The molecule has 0 saturated carbocycles.